The Morgan fingerprint density at radius 3 is 2.48 bits per heavy atom. The molecule has 0 radical (unpaired) electrons. The summed E-state index contributed by atoms with van der Waals surface area (Å²) in [6.45, 7) is 0.261. The smallest absolute Gasteiger partial charge is 0.268 e. The minimum absolute atomic E-state index is 0.261. The Balaban J connectivity index is 1.84. The van der Waals surface area contributed by atoms with Crippen LogP contribution < -0.4 is 0 Å². The van der Waals surface area contributed by atoms with Gasteiger partial charge in [0, 0.05) is 10.0 Å². The third-order valence-corrected chi connectivity index (χ3v) is 4.78. The molecule has 1 heterocycles. The second-order valence-electron chi connectivity index (χ2n) is 4.92. The lowest BCUT2D eigenvalue weighted by Gasteiger charge is -2.12. The highest BCUT2D eigenvalue weighted by Gasteiger charge is 2.35. The number of hydrogen-bond donors (Lipinski definition) is 0. The Labute approximate surface area is 147 Å². The summed E-state index contributed by atoms with van der Waals surface area (Å²) in [6, 6.07) is 14.4. The third kappa shape index (κ3) is 3.61. The number of benzene rings is 2. The molecule has 1 fully saturated rings. The maximum Gasteiger partial charge on any atom is 0.293 e. The molecule has 0 bridgehead atoms. The summed E-state index contributed by atoms with van der Waals surface area (Å²) >= 11 is 12.9. The Bertz CT molecular complexity index is 805. The molecule has 3 nitrogen and oxygen atoms in total. The van der Waals surface area contributed by atoms with Crippen LogP contribution in [0.5, 0.6) is 0 Å². The van der Waals surface area contributed by atoms with Gasteiger partial charge in [-0.1, -0.05) is 59.6 Å². The quantitative estimate of drug-likeness (QED) is 0.700. The molecule has 0 aliphatic carbocycles. The van der Waals surface area contributed by atoms with E-state index in [4.69, 9.17) is 23.2 Å². The van der Waals surface area contributed by atoms with Gasteiger partial charge in [0.25, 0.3) is 11.1 Å². The van der Waals surface area contributed by atoms with Crippen molar-refractivity contribution in [3.8, 4) is 0 Å². The molecule has 3 rings (SSSR count). The summed E-state index contributed by atoms with van der Waals surface area (Å²) in [6.07, 6.45) is 1.62. The fourth-order valence-corrected chi connectivity index (χ4v) is 3.45. The molecule has 0 unspecified atom stereocenters. The lowest BCUT2D eigenvalue weighted by Crippen LogP contribution is -2.27. The Kier molecular flexibility index (Phi) is 4.76. The van der Waals surface area contributed by atoms with E-state index < -0.39 is 0 Å². The Morgan fingerprint density at radius 1 is 1.04 bits per heavy atom. The van der Waals surface area contributed by atoms with E-state index in [1.54, 1.807) is 24.3 Å². The number of thioether (sulfide) groups is 1. The molecule has 0 saturated carbocycles. The van der Waals surface area contributed by atoms with Crippen molar-refractivity contribution in [3.63, 3.8) is 0 Å². The van der Waals surface area contributed by atoms with Crippen LogP contribution >= 0.6 is 35.0 Å². The molecule has 1 aliphatic rings. The van der Waals surface area contributed by atoms with Crippen LogP contribution in [0.15, 0.2) is 53.4 Å². The van der Waals surface area contributed by atoms with E-state index in [0.717, 1.165) is 17.3 Å². The SMILES string of the molecule is O=C1S/C(=C/c2ccc(Cl)cc2Cl)C(=O)N1Cc1ccccc1. The van der Waals surface area contributed by atoms with Crippen molar-refractivity contribution >= 4 is 52.2 Å². The van der Waals surface area contributed by atoms with Gasteiger partial charge in [-0.2, -0.15) is 0 Å². The summed E-state index contributed by atoms with van der Waals surface area (Å²) < 4.78 is 0. The average molecular weight is 364 g/mol. The highest BCUT2D eigenvalue weighted by Crippen LogP contribution is 2.34. The molecule has 6 heteroatoms. The van der Waals surface area contributed by atoms with E-state index in [2.05, 4.69) is 0 Å². The van der Waals surface area contributed by atoms with Gasteiger partial charge in [0.2, 0.25) is 0 Å². The van der Waals surface area contributed by atoms with Crippen LogP contribution in [0.25, 0.3) is 6.08 Å². The summed E-state index contributed by atoms with van der Waals surface area (Å²) in [7, 11) is 0. The minimum Gasteiger partial charge on any atom is -0.268 e. The molecule has 1 saturated heterocycles. The van der Waals surface area contributed by atoms with Crippen LogP contribution in [0.1, 0.15) is 11.1 Å². The van der Waals surface area contributed by atoms with Crippen molar-refractivity contribution in [2.24, 2.45) is 0 Å². The molecule has 2 amide bonds. The van der Waals surface area contributed by atoms with Crippen molar-refractivity contribution in [1.82, 2.24) is 4.90 Å². The molecule has 23 heavy (non-hydrogen) atoms. The summed E-state index contributed by atoms with van der Waals surface area (Å²) in [5, 5.41) is 0.673. The van der Waals surface area contributed by atoms with Crippen LogP contribution in [0, 0.1) is 0 Å². The summed E-state index contributed by atoms with van der Waals surface area (Å²) in [5.74, 6) is -0.310. The topological polar surface area (TPSA) is 37.4 Å². The van der Waals surface area contributed by atoms with E-state index in [1.807, 2.05) is 30.3 Å². The first-order chi connectivity index (χ1) is 11.0. The van der Waals surface area contributed by atoms with Crippen molar-refractivity contribution in [1.29, 1.82) is 0 Å². The highest BCUT2D eigenvalue weighted by molar-refractivity contribution is 8.18. The highest BCUT2D eigenvalue weighted by atomic mass is 35.5. The van der Waals surface area contributed by atoms with Crippen molar-refractivity contribution in [2.45, 2.75) is 6.54 Å². The predicted octanol–water partition coefficient (Wildman–Crippen LogP) is 5.23. The van der Waals surface area contributed by atoms with Gasteiger partial charge < -0.3 is 0 Å². The van der Waals surface area contributed by atoms with Gasteiger partial charge in [0.05, 0.1) is 11.4 Å². The molecule has 2 aromatic carbocycles. The third-order valence-electron chi connectivity index (χ3n) is 3.31. The number of carbonyl (C=O) groups is 2. The van der Waals surface area contributed by atoms with Crippen LogP contribution in [-0.4, -0.2) is 16.0 Å². The maximum absolute atomic E-state index is 12.4. The van der Waals surface area contributed by atoms with Gasteiger partial charge >= 0.3 is 0 Å². The summed E-state index contributed by atoms with van der Waals surface area (Å²) in [5.41, 5.74) is 1.56. The molecule has 0 atom stereocenters. The van der Waals surface area contributed by atoms with Crippen LogP contribution in [0.3, 0.4) is 0 Å². The van der Waals surface area contributed by atoms with Crippen LogP contribution in [0.4, 0.5) is 4.79 Å². The number of rotatable bonds is 3. The van der Waals surface area contributed by atoms with Crippen LogP contribution in [-0.2, 0) is 11.3 Å². The molecule has 0 spiro atoms. The number of carbonyl (C=O) groups excluding carboxylic acids is 2. The van der Waals surface area contributed by atoms with Gasteiger partial charge in [-0.05, 0) is 41.1 Å². The molecule has 0 aromatic heterocycles. The Morgan fingerprint density at radius 2 is 1.78 bits per heavy atom. The molecule has 1 aliphatic heterocycles. The monoisotopic (exact) mass is 363 g/mol. The number of halogens is 2. The average Bonchev–Trinajstić information content (AvgIpc) is 2.79. The first-order valence-corrected chi connectivity index (χ1v) is 8.36. The molecule has 116 valence electrons. The first kappa shape index (κ1) is 16.1. The second-order valence-corrected chi connectivity index (χ2v) is 6.76. The number of hydrogen-bond acceptors (Lipinski definition) is 3. The Hall–Kier alpha value is -1.75. The lowest BCUT2D eigenvalue weighted by molar-refractivity contribution is -0.123. The largest absolute Gasteiger partial charge is 0.293 e. The van der Waals surface area contributed by atoms with E-state index in [-0.39, 0.29) is 17.7 Å². The van der Waals surface area contributed by atoms with Crippen molar-refractivity contribution < 1.29 is 9.59 Å². The second kappa shape index (κ2) is 6.79. The molecule has 0 N–H and O–H groups in total. The zero-order valence-electron chi connectivity index (χ0n) is 11.8. The molecular weight excluding hydrogens is 353 g/mol. The normalized spacial score (nSPS) is 16.4. The van der Waals surface area contributed by atoms with Crippen LogP contribution in [0.2, 0.25) is 10.0 Å². The van der Waals surface area contributed by atoms with Gasteiger partial charge in [-0.3, -0.25) is 14.5 Å². The van der Waals surface area contributed by atoms with Gasteiger partial charge in [0.1, 0.15) is 0 Å². The van der Waals surface area contributed by atoms with E-state index in [1.165, 1.54) is 4.90 Å². The van der Waals surface area contributed by atoms with E-state index >= 15 is 0 Å². The fourth-order valence-electron chi connectivity index (χ4n) is 2.16. The number of amides is 2. The molecule has 2 aromatic rings. The zero-order valence-corrected chi connectivity index (χ0v) is 14.2. The number of imide groups is 1. The van der Waals surface area contributed by atoms with E-state index in [9.17, 15) is 9.59 Å². The predicted molar refractivity (Wildman–Crippen MR) is 94.4 cm³/mol. The maximum atomic E-state index is 12.4. The van der Waals surface area contributed by atoms with Gasteiger partial charge in [0.15, 0.2) is 0 Å². The van der Waals surface area contributed by atoms with Gasteiger partial charge in [-0.25, -0.2) is 0 Å². The summed E-state index contributed by atoms with van der Waals surface area (Å²) in [4.78, 5) is 26.1. The lowest BCUT2D eigenvalue weighted by atomic mass is 10.2. The van der Waals surface area contributed by atoms with Crippen molar-refractivity contribution in [3.05, 3.63) is 74.6 Å². The van der Waals surface area contributed by atoms with Crippen molar-refractivity contribution in [2.75, 3.05) is 0 Å². The molecular formula is C17H11Cl2NO2S. The number of nitrogens with zero attached hydrogens (tertiary/aromatic N) is 1. The standard InChI is InChI=1S/C17H11Cl2NO2S/c18-13-7-6-12(14(19)9-13)8-15-16(21)20(17(22)23-15)10-11-4-2-1-3-5-11/h1-9H,10H2/b15-8+. The van der Waals surface area contributed by atoms with Gasteiger partial charge in [-0.15, -0.1) is 0 Å². The first-order valence-electron chi connectivity index (χ1n) is 6.79. The minimum atomic E-state index is -0.310. The zero-order chi connectivity index (χ0) is 16.4. The van der Waals surface area contributed by atoms with E-state index in [0.29, 0.717) is 20.5 Å². The fraction of sp³-hybridized carbons (Fsp3) is 0.0588.